The largest absolute Gasteiger partial charge is 0.481 e. The van der Waals surface area contributed by atoms with E-state index in [0.29, 0.717) is 13.0 Å². The Morgan fingerprint density at radius 3 is 2.94 bits per heavy atom. The molecule has 18 heavy (non-hydrogen) atoms. The smallest absolute Gasteiger partial charge is 0.308 e. The first kappa shape index (κ1) is 11.4. The van der Waals surface area contributed by atoms with Crippen molar-refractivity contribution in [1.29, 1.82) is 0 Å². The summed E-state index contributed by atoms with van der Waals surface area (Å²) < 4.78 is 0. The first-order valence-electron chi connectivity index (χ1n) is 6.56. The number of rotatable bonds is 2. The van der Waals surface area contributed by atoms with Gasteiger partial charge in [-0.3, -0.25) is 4.79 Å². The molecule has 1 aliphatic carbocycles. The van der Waals surface area contributed by atoms with Crippen LogP contribution in [0.5, 0.6) is 0 Å². The zero-order valence-corrected chi connectivity index (χ0v) is 10.3. The predicted octanol–water partition coefficient (Wildman–Crippen LogP) is 1.27. The number of fused-ring (bicyclic) bond motifs is 1. The number of nitrogens with zero attached hydrogens (tertiary/aromatic N) is 3. The van der Waals surface area contributed by atoms with E-state index in [4.69, 9.17) is 5.11 Å². The van der Waals surface area contributed by atoms with E-state index in [9.17, 15) is 4.79 Å². The molecule has 0 spiro atoms. The van der Waals surface area contributed by atoms with Gasteiger partial charge in [0.05, 0.1) is 5.92 Å². The quantitative estimate of drug-likeness (QED) is 0.852. The highest BCUT2D eigenvalue weighted by Gasteiger charge is 2.30. The molecule has 96 valence electrons. The standard InChI is InChI=1S/C13H17N3O2/c17-13(18)9-5-6-16(7-9)12-10-3-1-2-4-11(10)14-8-15-12/h8-9H,1-7H2,(H,17,18)/t9-/m0/s1. The highest BCUT2D eigenvalue weighted by Crippen LogP contribution is 2.30. The molecule has 1 saturated heterocycles. The lowest BCUT2D eigenvalue weighted by atomic mass is 9.96. The maximum Gasteiger partial charge on any atom is 0.308 e. The van der Waals surface area contributed by atoms with Crippen LogP contribution in [0.15, 0.2) is 6.33 Å². The van der Waals surface area contributed by atoms with Gasteiger partial charge in [0.1, 0.15) is 12.1 Å². The molecule has 0 saturated carbocycles. The molecule has 5 heteroatoms. The van der Waals surface area contributed by atoms with Crippen molar-refractivity contribution in [2.24, 2.45) is 5.92 Å². The number of carboxylic acid groups (broad SMARTS) is 1. The van der Waals surface area contributed by atoms with Crippen molar-refractivity contribution in [2.75, 3.05) is 18.0 Å². The fourth-order valence-corrected chi connectivity index (χ4v) is 2.93. The number of hydrogen-bond acceptors (Lipinski definition) is 4. The number of aliphatic carboxylic acids is 1. The molecule has 0 amide bonds. The van der Waals surface area contributed by atoms with Crippen molar-refractivity contribution in [1.82, 2.24) is 9.97 Å². The van der Waals surface area contributed by atoms with Gasteiger partial charge in [0.2, 0.25) is 0 Å². The summed E-state index contributed by atoms with van der Waals surface area (Å²) in [5, 5.41) is 9.06. The van der Waals surface area contributed by atoms with E-state index in [0.717, 1.165) is 30.9 Å². The average Bonchev–Trinajstić information content (AvgIpc) is 2.87. The number of aromatic nitrogens is 2. The lowest BCUT2D eigenvalue weighted by molar-refractivity contribution is -0.140. The Morgan fingerprint density at radius 2 is 2.17 bits per heavy atom. The van der Waals surface area contributed by atoms with Gasteiger partial charge < -0.3 is 10.0 Å². The van der Waals surface area contributed by atoms with Gasteiger partial charge in [-0.25, -0.2) is 9.97 Å². The molecule has 5 nitrogen and oxygen atoms in total. The van der Waals surface area contributed by atoms with Gasteiger partial charge in [0.25, 0.3) is 0 Å². The maximum atomic E-state index is 11.0. The molecule has 1 N–H and O–H groups in total. The first-order valence-corrected chi connectivity index (χ1v) is 6.56. The second-order valence-corrected chi connectivity index (χ2v) is 5.10. The van der Waals surface area contributed by atoms with Crippen LogP contribution in [-0.2, 0) is 17.6 Å². The molecular weight excluding hydrogens is 230 g/mol. The molecule has 1 aliphatic heterocycles. The van der Waals surface area contributed by atoms with Crippen LogP contribution >= 0.6 is 0 Å². The molecular formula is C13H17N3O2. The number of hydrogen-bond donors (Lipinski definition) is 1. The zero-order valence-electron chi connectivity index (χ0n) is 10.3. The summed E-state index contributed by atoms with van der Waals surface area (Å²) in [7, 11) is 0. The Kier molecular flexibility index (Phi) is 2.89. The van der Waals surface area contributed by atoms with Gasteiger partial charge in [0, 0.05) is 24.3 Å². The lowest BCUT2D eigenvalue weighted by Crippen LogP contribution is -2.26. The molecule has 2 aliphatic rings. The van der Waals surface area contributed by atoms with Crippen molar-refractivity contribution >= 4 is 11.8 Å². The van der Waals surface area contributed by atoms with Crippen molar-refractivity contribution in [2.45, 2.75) is 32.1 Å². The van der Waals surface area contributed by atoms with E-state index in [1.165, 1.54) is 18.4 Å². The minimum Gasteiger partial charge on any atom is -0.481 e. The number of anilines is 1. The summed E-state index contributed by atoms with van der Waals surface area (Å²) in [6.07, 6.45) is 6.77. The lowest BCUT2D eigenvalue weighted by Gasteiger charge is -2.24. The van der Waals surface area contributed by atoms with Gasteiger partial charge >= 0.3 is 5.97 Å². The Bertz CT molecular complexity index is 475. The summed E-state index contributed by atoms with van der Waals surface area (Å²) in [6, 6.07) is 0. The third-order valence-electron chi connectivity index (χ3n) is 3.94. The van der Waals surface area contributed by atoms with Crippen LogP contribution in [0.25, 0.3) is 0 Å². The van der Waals surface area contributed by atoms with Crippen LogP contribution in [0.4, 0.5) is 5.82 Å². The predicted molar refractivity (Wildman–Crippen MR) is 66.6 cm³/mol. The topological polar surface area (TPSA) is 66.3 Å². The molecule has 0 unspecified atom stereocenters. The van der Waals surface area contributed by atoms with Crippen LogP contribution in [0, 0.1) is 5.92 Å². The van der Waals surface area contributed by atoms with Crippen LogP contribution in [0.3, 0.4) is 0 Å². The van der Waals surface area contributed by atoms with Gasteiger partial charge in [-0.2, -0.15) is 0 Å². The summed E-state index contributed by atoms with van der Waals surface area (Å²) in [4.78, 5) is 21.9. The van der Waals surface area contributed by atoms with Crippen molar-refractivity contribution < 1.29 is 9.90 Å². The molecule has 1 aromatic heterocycles. The number of carboxylic acids is 1. The Balaban J connectivity index is 1.87. The van der Waals surface area contributed by atoms with E-state index in [2.05, 4.69) is 14.9 Å². The normalized spacial score (nSPS) is 22.9. The van der Waals surface area contributed by atoms with Crippen LogP contribution < -0.4 is 4.90 Å². The molecule has 0 radical (unpaired) electrons. The number of carbonyl (C=O) groups is 1. The molecule has 0 aromatic carbocycles. The average molecular weight is 247 g/mol. The van der Waals surface area contributed by atoms with Crippen molar-refractivity contribution in [3.63, 3.8) is 0 Å². The maximum absolute atomic E-state index is 11.0. The second-order valence-electron chi connectivity index (χ2n) is 5.10. The molecule has 1 atom stereocenters. The van der Waals surface area contributed by atoms with Crippen LogP contribution in [-0.4, -0.2) is 34.1 Å². The fraction of sp³-hybridized carbons (Fsp3) is 0.615. The third-order valence-corrected chi connectivity index (χ3v) is 3.94. The zero-order chi connectivity index (χ0) is 12.5. The summed E-state index contributed by atoms with van der Waals surface area (Å²) in [5.41, 5.74) is 2.40. The van der Waals surface area contributed by atoms with Gasteiger partial charge in [-0.15, -0.1) is 0 Å². The molecule has 3 rings (SSSR count). The third kappa shape index (κ3) is 1.94. The molecule has 1 fully saturated rings. The molecule has 0 bridgehead atoms. The molecule has 1 aromatic rings. The Hall–Kier alpha value is -1.65. The second kappa shape index (κ2) is 4.55. The van der Waals surface area contributed by atoms with E-state index in [1.54, 1.807) is 6.33 Å². The minimum atomic E-state index is -0.694. The van der Waals surface area contributed by atoms with Gasteiger partial charge in [0.15, 0.2) is 0 Å². The van der Waals surface area contributed by atoms with E-state index < -0.39 is 5.97 Å². The van der Waals surface area contributed by atoms with Crippen LogP contribution in [0.2, 0.25) is 0 Å². The SMILES string of the molecule is O=C(O)[C@H]1CCN(c2ncnc3c2CCCC3)C1. The summed E-state index contributed by atoms with van der Waals surface area (Å²) >= 11 is 0. The van der Waals surface area contributed by atoms with E-state index >= 15 is 0 Å². The van der Waals surface area contributed by atoms with E-state index in [-0.39, 0.29) is 5.92 Å². The van der Waals surface area contributed by atoms with Crippen LogP contribution in [0.1, 0.15) is 30.5 Å². The van der Waals surface area contributed by atoms with Gasteiger partial charge in [-0.1, -0.05) is 0 Å². The molecule has 2 heterocycles. The summed E-state index contributed by atoms with van der Waals surface area (Å²) in [5.74, 6) is 0.0306. The van der Waals surface area contributed by atoms with Gasteiger partial charge in [-0.05, 0) is 32.1 Å². The fourth-order valence-electron chi connectivity index (χ4n) is 2.93. The minimum absolute atomic E-state index is 0.251. The van der Waals surface area contributed by atoms with Crippen molar-refractivity contribution in [3.8, 4) is 0 Å². The Labute approximate surface area is 106 Å². The van der Waals surface area contributed by atoms with Crippen molar-refractivity contribution in [3.05, 3.63) is 17.6 Å². The Morgan fingerprint density at radius 1 is 1.33 bits per heavy atom. The van der Waals surface area contributed by atoms with E-state index in [1.807, 2.05) is 0 Å². The highest BCUT2D eigenvalue weighted by atomic mass is 16.4. The first-order chi connectivity index (χ1) is 8.75. The monoisotopic (exact) mass is 247 g/mol. The number of aryl methyl sites for hydroxylation is 1. The summed E-state index contributed by atoms with van der Waals surface area (Å²) in [6.45, 7) is 1.37. The highest BCUT2D eigenvalue weighted by molar-refractivity contribution is 5.72.